The van der Waals surface area contributed by atoms with Crippen molar-refractivity contribution >= 4 is 29.2 Å². The highest BCUT2D eigenvalue weighted by Gasteiger charge is 2.25. The van der Waals surface area contributed by atoms with Gasteiger partial charge in [0.25, 0.3) is 11.8 Å². The largest absolute Gasteiger partial charge is 0.379 e. The van der Waals surface area contributed by atoms with Crippen LogP contribution >= 0.6 is 0 Å². The summed E-state index contributed by atoms with van der Waals surface area (Å²) in [6.45, 7) is 10.5. The Morgan fingerprint density at radius 3 is 2.77 bits per heavy atom. The molecule has 0 saturated carbocycles. The zero-order chi connectivity index (χ0) is 21.3. The fraction of sp³-hybridized carbons (Fsp3) is 0.391. The smallest absolute Gasteiger partial charge is 0.256 e. The zero-order valence-electron chi connectivity index (χ0n) is 17.7. The lowest BCUT2D eigenvalue weighted by molar-refractivity contribution is -0.110. The van der Waals surface area contributed by atoms with Gasteiger partial charge in [-0.15, -0.1) is 0 Å². The number of nitrogens with zero attached hydrogens (tertiary/aromatic N) is 1. The van der Waals surface area contributed by atoms with Crippen LogP contribution in [0.4, 0.5) is 5.69 Å². The predicted octanol–water partition coefficient (Wildman–Crippen LogP) is 2.49. The number of aryl methyl sites for hydroxylation is 2. The molecule has 0 atom stereocenters. The number of anilines is 1. The number of carbonyl (C=O) groups is 2. The van der Waals surface area contributed by atoms with E-state index in [4.69, 9.17) is 4.74 Å². The average Bonchev–Trinajstić information content (AvgIpc) is 3.18. The van der Waals surface area contributed by atoms with Gasteiger partial charge in [-0.05, 0) is 44.5 Å². The number of amides is 2. The molecular weight excluding hydrogens is 380 g/mol. The number of fused-ring (bicyclic) bond motifs is 1. The number of aromatic nitrogens is 1. The monoisotopic (exact) mass is 408 g/mol. The summed E-state index contributed by atoms with van der Waals surface area (Å²) in [5, 5.41) is 5.93. The molecule has 0 bridgehead atoms. The molecular formula is C23H28N4O3. The third kappa shape index (κ3) is 4.04. The lowest BCUT2D eigenvalue weighted by Gasteiger charge is -2.26. The zero-order valence-corrected chi connectivity index (χ0v) is 17.7. The number of rotatable bonds is 5. The summed E-state index contributed by atoms with van der Waals surface area (Å²) in [7, 11) is 0. The second-order valence-electron chi connectivity index (χ2n) is 7.93. The Kier molecular flexibility index (Phi) is 5.74. The number of benzene rings is 1. The van der Waals surface area contributed by atoms with Crippen LogP contribution in [0, 0.1) is 20.8 Å². The first-order valence-electron chi connectivity index (χ1n) is 10.4. The molecule has 7 heteroatoms. The van der Waals surface area contributed by atoms with Gasteiger partial charge in [-0.25, -0.2) is 0 Å². The lowest BCUT2D eigenvalue weighted by atomic mass is 10.0. The maximum absolute atomic E-state index is 12.8. The summed E-state index contributed by atoms with van der Waals surface area (Å²) in [5.41, 5.74) is 6.48. The number of nitrogens with one attached hydrogen (secondary N) is 3. The van der Waals surface area contributed by atoms with E-state index in [1.165, 1.54) is 0 Å². The SMILES string of the molecule is Cc1ccc2c(c1)/C(=C/c1[nH]c(C)c(C(=O)NCCN3CCOCC3)c1C)C(=O)N2. The summed E-state index contributed by atoms with van der Waals surface area (Å²) >= 11 is 0. The molecule has 2 aliphatic rings. The molecule has 4 rings (SSSR count). The highest BCUT2D eigenvalue weighted by atomic mass is 16.5. The van der Waals surface area contributed by atoms with Crippen LogP contribution in [0.5, 0.6) is 0 Å². The van der Waals surface area contributed by atoms with Crippen molar-refractivity contribution in [1.82, 2.24) is 15.2 Å². The number of carbonyl (C=O) groups excluding carboxylic acids is 2. The van der Waals surface area contributed by atoms with Gasteiger partial charge in [0.1, 0.15) is 0 Å². The van der Waals surface area contributed by atoms with Gasteiger partial charge in [-0.2, -0.15) is 0 Å². The number of morpholine rings is 1. The average molecular weight is 409 g/mol. The normalized spacial score (nSPS) is 17.8. The van der Waals surface area contributed by atoms with Crippen molar-refractivity contribution in [2.24, 2.45) is 0 Å². The Balaban J connectivity index is 1.51. The minimum absolute atomic E-state index is 0.0914. The van der Waals surface area contributed by atoms with Crippen molar-refractivity contribution in [3.63, 3.8) is 0 Å². The van der Waals surface area contributed by atoms with E-state index in [1.807, 2.05) is 45.0 Å². The molecule has 0 aliphatic carbocycles. The van der Waals surface area contributed by atoms with E-state index < -0.39 is 0 Å². The fourth-order valence-electron chi connectivity index (χ4n) is 4.09. The summed E-state index contributed by atoms with van der Waals surface area (Å²) in [5.74, 6) is -0.218. The highest BCUT2D eigenvalue weighted by molar-refractivity contribution is 6.35. The van der Waals surface area contributed by atoms with Crippen molar-refractivity contribution in [1.29, 1.82) is 0 Å². The molecule has 1 saturated heterocycles. The number of H-pyrrole nitrogens is 1. The molecule has 1 fully saturated rings. The van der Waals surface area contributed by atoms with Gasteiger partial charge in [-0.1, -0.05) is 11.6 Å². The van der Waals surface area contributed by atoms with E-state index in [-0.39, 0.29) is 11.8 Å². The molecule has 3 heterocycles. The van der Waals surface area contributed by atoms with Gasteiger partial charge in [-0.3, -0.25) is 14.5 Å². The van der Waals surface area contributed by atoms with Gasteiger partial charge in [0.05, 0.1) is 24.4 Å². The Labute approximate surface area is 176 Å². The van der Waals surface area contributed by atoms with E-state index in [0.717, 1.165) is 66.6 Å². The van der Waals surface area contributed by atoms with E-state index in [2.05, 4.69) is 20.5 Å². The van der Waals surface area contributed by atoms with Crippen molar-refractivity contribution < 1.29 is 14.3 Å². The Morgan fingerprint density at radius 1 is 1.23 bits per heavy atom. The van der Waals surface area contributed by atoms with E-state index in [9.17, 15) is 9.59 Å². The molecule has 0 unspecified atom stereocenters. The van der Waals surface area contributed by atoms with Crippen LogP contribution in [0.2, 0.25) is 0 Å². The summed E-state index contributed by atoms with van der Waals surface area (Å²) in [4.78, 5) is 30.9. The van der Waals surface area contributed by atoms with Crippen molar-refractivity contribution in [3.8, 4) is 0 Å². The Hall–Kier alpha value is -2.90. The second kappa shape index (κ2) is 8.45. The van der Waals surface area contributed by atoms with Gasteiger partial charge in [0.2, 0.25) is 0 Å². The quantitative estimate of drug-likeness (QED) is 0.664. The molecule has 2 aliphatic heterocycles. The first kappa shape index (κ1) is 20.4. The first-order valence-corrected chi connectivity index (χ1v) is 10.4. The highest BCUT2D eigenvalue weighted by Crippen LogP contribution is 2.34. The third-order valence-electron chi connectivity index (χ3n) is 5.77. The van der Waals surface area contributed by atoms with E-state index >= 15 is 0 Å². The molecule has 1 aromatic heterocycles. The van der Waals surface area contributed by atoms with Crippen LogP contribution in [0.15, 0.2) is 18.2 Å². The number of aromatic amines is 1. The molecule has 0 radical (unpaired) electrons. The molecule has 158 valence electrons. The number of hydrogen-bond acceptors (Lipinski definition) is 4. The summed E-state index contributed by atoms with van der Waals surface area (Å²) < 4.78 is 5.35. The van der Waals surface area contributed by atoms with E-state index in [0.29, 0.717) is 17.7 Å². The lowest BCUT2D eigenvalue weighted by Crippen LogP contribution is -2.41. The number of ether oxygens (including phenoxy) is 1. The van der Waals surface area contributed by atoms with Gasteiger partial charge < -0.3 is 20.4 Å². The maximum atomic E-state index is 12.8. The van der Waals surface area contributed by atoms with Crippen molar-refractivity contribution in [2.45, 2.75) is 20.8 Å². The van der Waals surface area contributed by atoms with Crippen LogP contribution in [-0.2, 0) is 9.53 Å². The first-order chi connectivity index (χ1) is 14.4. The molecule has 3 N–H and O–H groups in total. The molecule has 2 aromatic rings. The topological polar surface area (TPSA) is 86.5 Å². The van der Waals surface area contributed by atoms with Crippen LogP contribution in [-0.4, -0.2) is 61.1 Å². The van der Waals surface area contributed by atoms with Crippen LogP contribution < -0.4 is 10.6 Å². The minimum Gasteiger partial charge on any atom is -0.379 e. The van der Waals surface area contributed by atoms with Gasteiger partial charge in [0, 0.05) is 48.8 Å². The predicted molar refractivity (Wildman–Crippen MR) is 118 cm³/mol. The standard InChI is InChI=1S/C23H28N4O3/c1-14-4-5-19-17(12-14)18(22(28)26-19)13-20-15(2)21(16(3)25-20)23(29)24-6-7-27-8-10-30-11-9-27/h4-5,12-13,25H,6-11H2,1-3H3,(H,24,29)(H,26,28)/b18-13-. The van der Waals surface area contributed by atoms with Gasteiger partial charge >= 0.3 is 0 Å². The molecule has 1 aromatic carbocycles. The van der Waals surface area contributed by atoms with Crippen molar-refractivity contribution in [2.75, 3.05) is 44.7 Å². The summed E-state index contributed by atoms with van der Waals surface area (Å²) in [6, 6.07) is 5.90. The minimum atomic E-state index is -0.126. The fourth-order valence-corrected chi connectivity index (χ4v) is 4.09. The van der Waals surface area contributed by atoms with Crippen LogP contribution in [0.1, 0.15) is 38.4 Å². The van der Waals surface area contributed by atoms with Gasteiger partial charge in [0.15, 0.2) is 0 Å². The molecule has 7 nitrogen and oxygen atoms in total. The Morgan fingerprint density at radius 2 is 2.00 bits per heavy atom. The molecule has 0 spiro atoms. The molecule has 30 heavy (non-hydrogen) atoms. The number of hydrogen-bond donors (Lipinski definition) is 3. The van der Waals surface area contributed by atoms with E-state index in [1.54, 1.807) is 0 Å². The van der Waals surface area contributed by atoms with Crippen LogP contribution in [0.25, 0.3) is 11.6 Å². The summed E-state index contributed by atoms with van der Waals surface area (Å²) in [6.07, 6.45) is 1.84. The maximum Gasteiger partial charge on any atom is 0.256 e. The third-order valence-corrected chi connectivity index (χ3v) is 5.77. The van der Waals surface area contributed by atoms with Crippen molar-refractivity contribution in [3.05, 3.63) is 51.8 Å². The Bertz CT molecular complexity index is 1020. The van der Waals surface area contributed by atoms with Crippen LogP contribution in [0.3, 0.4) is 0 Å². The molecule has 2 amide bonds. The second-order valence-corrected chi connectivity index (χ2v) is 7.93.